The predicted molar refractivity (Wildman–Crippen MR) is 159 cm³/mol. The topological polar surface area (TPSA) is 84.6 Å². The van der Waals surface area contributed by atoms with Gasteiger partial charge in [0.2, 0.25) is 11.9 Å². The molecule has 0 spiro atoms. The number of benzene rings is 3. The lowest BCUT2D eigenvalue weighted by Gasteiger charge is -2.31. The molecule has 8 nitrogen and oxygen atoms in total. The second-order valence-electron chi connectivity index (χ2n) is 10.6. The maximum Gasteiger partial charge on any atom is 0.227 e. The van der Waals surface area contributed by atoms with Crippen LogP contribution in [-0.2, 0) is 11.2 Å². The molecular weight excluding hydrogens is 488 g/mol. The molecule has 3 aromatic carbocycles. The molecule has 1 aliphatic heterocycles. The number of rotatable bonds is 8. The van der Waals surface area contributed by atoms with E-state index >= 15 is 0 Å². The molecule has 4 aromatic rings. The zero-order valence-corrected chi connectivity index (χ0v) is 23.1. The van der Waals surface area contributed by atoms with Crippen LogP contribution in [0.25, 0.3) is 11.0 Å². The van der Waals surface area contributed by atoms with E-state index in [4.69, 9.17) is 4.98 Å². The first kappa shape index (κ1) is 26.3. The summed E-state index contributed by atoms with van der Waals surface area (Å²) in [5.74, 6) is 0.949. The average Bonchev–Trinajstić information content (AvgIpc) is 3.37. The van der Waals surface area contributed by atoms with E-state index in [-0.39, 0.29) is 17.6 Å². The zero-order valence-electron chi connectivity index (χ0n) is 23.1. The smallest absolute Gasteiger partial charge is 0.227 e. The Kier molecular flexibility index (Phi) is 7.54. The van der Waals surface area contributed by atoms with Gasteiger partial charge in [0, 0.05) is 76.2 Å². The Morgan fingerprint density at radius 2 is 1.51 bits per heavy atom. The van der Waals surface area contributed by atoms with Crippen molar-refractivity contribution in [3.8, 4) is 0 Å². The number of aromatic nitrogens is 2. The van der Waals surface area contributed by atoms with Gasteiger partial charge in [0.1, 0.15) is 0 Å². The van der Waals surface area contributed by atoms with Crippen molar-refractivity contribution in [3.63, 3.8) is 0 Å². The number of anilines is 4. The number of carbonyl (C=O) groups excluding carboxylic acids is 2. The number of nitrogens with one attached hydrogen (secondary N) is 2. The number of Topliss-reactive ketones (excluding diaryl/α,β-unsaturated/α-hetero) is 1. The lowest BCUT2D eigenvalue weighted by atomic mass is 9.96. The summed E-state index contributed by atoms with van der Waals surface area (Å²) in [6.07, 6.45) is 1.88. The fourth-order valence-electron chi connectivity index (χ4n) is 4.98. The van der Waals surface area contributed by atoms with Crippen LogP contribution in [-0.4, -0.2) is 62.9 Å². The van der Waals surface area contributed by atoms with Crippen molar-refractivity contribution in [1.29, 1.82) is 0 Å². The summed E-state index contributed by atoms with van der Waals surface area (Å²) in [7, 11) is 7.96. The highest BCUT2D eigenvalue weighted by Crippen LogP contribution is 2.26. The average molecular weight is 525 g/mol. The number of ketones is 1. The van der Waals surface area contributed by atoms with Gasteiger partial charge in [0.05, 0.1) is 11.0 Å². The van der Waals surface area contributed by atoms with Crippen molar-refractivity contribution in [1.82, 2.24) is 9.97 Å². The van der Waals surface area contributed by atoms with E-state index in [0.29, 0.717) is 12.0 Å². The molecule has 39 heavy (non-hydrogen) atoms. The van der Waals surface area contributed by atoms with Gasteiger partial charge in [0.15, 0.2) is 5.78 Å². The number of carbonyl (C=O) groups is 2. The first-order valence-corrected chi connectivity index (χ1v) is 13.4. The van der Waals surface area contributed by atoms with Crippen LogP contribution in [0.15, 0.2) is 66.7 Å². The SMILES string of the molecule is CN(C)c1ccc(NC(=O)C2CCN(c3nc4ccc(CC(=O)c5ccc(N(C)C)cc5)cc4[nH]3)CC2)cc1. The Hall–Kier alpha value is -4.33. The molecule has 0 aliphatic carbocycles. The number of aromatic amines is 1. The molecule has 0 atom stereocenters. The number of fused-ring (bicyclic) bond motifs is 1. The van der Waals surface area contributed by atoms with Crippen molar-refractivity contribution in [2.75, 3.05) is 61.3 Å². The van der Waals surface area contributed by atoms with Gasteiger partial charge in [-0.1, -0.05) is 6.07 Å². The Labute approximate surface area is 229 Å². The molecule has 2 heterocycles. The van der Waals surface area contributed by atoms with Gasteiger partial charge in [0.25, 0.3) is 0 Å². The lowest BCUT2D eigenvalue weighted by molar-refractivity contribution is -0.120. The molecule has 8 heteroatoms. The van der Waals surface area contributed by atoms with Gasteiger partial charge in [-0.15, -0.1) is 0 Å². The third-order valence-corrected chi connectivity index (χ3v) is 7.42. The number of piperidine rings is 1. The van der Waals surface area contributed by atoms with Gasteiger partial charge in [-0.2, -0.15) is 0 Å². The summed E-state index contributed by atoms with van der Waals surface area (Å²) in [6.45, 7) is 1.51. The Bertz CT molecular complexity index is 1450. The maximum absolute atomic E-state index is 12.9. The van der Waals surface area contributed by atoms with E-state index in [1.807, 2.05) is 105 Å². The molecule has 5 rings (SSSR count). The summed E-state index contributed by atoms with van der Waals surface area (Å²) in [5, 5.41) is 3.07. The van der Waals surface area contributed by atoms with Crippen molar-refractivity contribution in [2.45, 2.75) is 19.3 Å². The monoisotopic (exact) mass is 524 g/mol. The molecule has 1 aromatic heterocycles. The van der Waals surface area contributed by atoms with Crippen molar-refractivity contribution in [2.24, 2.45) is 5.92 Å². The molecule has 202 valence electrons. The highest BCUT2D eigenvalue weighted by Gasteiger charge is 2.26. The Balaban J connectivity index is 1.18. The normalized spacial score (nSPS) is 13.9. The van der Waals surface area contributed by atoms with Crippen LogP contribution in [0, 0.1) is 5.92 Å². The number of hydrogen-bond donors (Lipinski definition) is 2. The number of imidazole rings is 1. The predicted octanol–water partition coefficient (Wildman–Crippen LogP) is 4.98. The minimum Gasteiger partial charge on any atom is -0.378 e. The molecule has 1 fully saturated rings. The number of amides is 1. The number of H-pyrrole nitrogens is 1. The van der Waals surface area contributed by atoms with Crippen LogP contribution in [0.1, 0.15) is 28.8 Å². The van der Waals surface area contributed by atoms with Crippen LogP contribution >= 0.6 is 0 Å². The molecule has 0 saturated carbocycles. The highest BCUT2D eigenvalue weighted by atomic mass is 16.2. The van der Waals surface area contributed by atoms with Crippen molar-refractivity contribution in [3.05, 3.63) is 77.9 Å². The number of nitrogens with zero attached hydrogens (tertiary/aromatic N) is 4. The van der Waals surface area contributed by atoms with E-state index in [1.165, 1.54) is 0 Å². The van der Waals surface area contributed by atoms with Gasteiger partial charge >= 0.3 is 0 Å². The standard InChI is InChI=1S/C31H36N6O2/c1-35(2)25-10-6-22(7-11-25)29(38)20-21-5-14-27-28(19-21)34-31(33-27)37-17-15-23(16-18-37)30(39)32-24-8-12-26(13-9-24)36(3)4/h5-14,19,23H,15-18,20H2,1-4H3,(H,32,39)(H,33,34). The van der Waals surface area contributed by atoms with Crippen LogP contribution < -0.4 is 20.0 Å². The first-order chi connectivity index (χ1) is 18.8. The molecule has 1 aliphatic rings. The fraction of sp³-hybridized carbons (Fsp3) is 0.323. The van der Waals surface area contributed by atoms with E-state index < -0.39 is 0 Å². The fourth-order valence-corrected chi connectivity index (χ4v) is 4.98. The quantitative estimate of drug-likeness (QED) is 0.317. The Morgan fingerprint density at radius 1 is 0.897 bits per heavy atom. The third kappa shape index (κ3) is 6.06. The van der Waals surface area contributed by atoms with E-state index in [0.717, 1.165) is 65.5 Å². The first-order valence-electron chi connectivity index (χ1n) is 13.4. The van der Waals surface area contributed by atoms with Crippen LogP contribution in [0.2, 0.25) is 0 Å². The van der Waals surface area contributed by atoms with Gasteiger partial charge < -0.3 is 25.0 Å². The Morgan fingerprint density at radius 3 is 2.13 bits per heavy atom. The number of hydrogen-bond acceptors (Lipinski definition) is 6. The summed E-state index contributed by atoms with van der Waals surface area (Å²) in [6, 6.07) is 21.5. The summed E-state index contributed by atoms with van der Waals surface area (Å²) in [5.41, 5.74) is 6.44. The third-order valence-electron chi connectivity index (χ3n) is 7.42. The minimum atomic E-state index is -0.0245. The van der Waals surface area contributed by atoms with Crippen molar-refractivity contribution >= 4 is 45.7 Å². The van der Waals surface area contributed by atoms with Gasteiger partial charge in [-0.25, -0.2) is 4.98 Å². The second-order valence-corrected chi connectivity index (χ2v) is 10.6. The van der Waals surface area contributed by atoms with Gasteiger partial charge in [-0.3, -0.25) is 9.59 Å². The van der Waals surface area contributed by atoms with Gasteiger partial charge in [-0.05, 0) is 79.1 Å². The molecule has 0 radical (unpaired) electrons. The second kappa shape index (κ2) is 11.2. The maximum atomic E-state index is 12.9. The largest absolute Gasteiger partial charge is 0.378 e. The van der Waals surface area contributed by atoms with E-state index in [1.54, 1.807) is 0 Å². The molecule has 0 bridgehead atoms. The van der Waals surface area contributed by atoms with Crippen LogP contribution in [0.5, 0.6) is 0 Å². The molecular formula is C31H36N6O2. The van der Waals surface area contributed by atoms with Crippen LogP contribution in [0.3, 0.4) is 0 Å². The van der Waals surface area contributed by atoms with Crippen molar-refractivity contribution < 1.29 is 9.59 Å². The summed E-state index contributed by atoms with van der Waals surface area (Å²) in [4.78, 5) is 40.2. The molecule has 0 unspecified atom stereocenters. The van der Waals surface area contributed by atoms with Crippen LogP contribution in [0.4, 0.5) is 23.0 Å². The zero-order chi connectivity index (χ0) is 27.5. The van der Waals surface area contributed by atoms with E-state index in [2.05, 4.69) is 15.2 Å². The molecule has 1 amide bonds. The lowest BCUT2D eigenvalue weighted by Crippen LogP contribution is -2.38. The van der Waals surface area contributed by atoms with E-state index in [9.17, 15) is 9.59 Å². The molecule has 1 saturated heterocycles. The minimum absolute atomic E-state index is 0.0245. The summed E-state index contributed by atoms with van der Waals surface area (Å²) < 4.78 is 0. The highest BCUT2D eigenvalue weighted by molar-refractivity contribution is 5.98. The molecule has 2 N–H and O–H groups in total. The summed E-state index contributed by atoms with van der Waals surface area (Å²) >= 11 is 0.